The molecule has 1 saturated carbocycles. The molecule has 2 heterocycles. The van der Waals surface area contributed by atoms with Crippen LogP contribution in [0.25, 0.3) is 0 Å². The average molecular weight is 270 g/mol. The zero-order valence-corrected chi connectivity index (χ0v) is 12.5. The first kappa shape index (κ1) is 12.8. The summed E-state index contributed by atoms with van der Waals surface area (Å²) >= 11 is 0. The summed E-state index contributed by atoms with van der Waals surface area (Å²) in [7, 11) is 2.14. The molecule has 0 spiro atoms. The average Bonchev–Trinajstić information content (AvgIpc) is 3.27. The van der Waals surface area contributed by atoms with Crippen LogP contribution in [0.2, 0.25) is 0 Å². The van der Waals surface area contributed by atoms with Crippen LogP contribution in [-0.2, 0) is 0 Å². The molecule has 4 atom stereocenters. The monoisotopic (exact) mass is 270 g/mol. The maximum absolute atomic E-state index is 3.53. The molecule has 2 bridgehead atoms. The second-order valence-electron chi connectivity index (χ2n) is 6.96. The molecule has 3 aliphatic rings. The van der Waals surface area contributed by atoms with E-state index >= 15 is 0 Å². The highest BCUT2D eigenvalue weighted by Crippen LogP contribution is 2.50. The smallest absolute Gasteiger partial charge is 0.0177 e. The number of nitrogens with zero attached hydrogens (tertiary/aromatic N) is 1. The van der Waals surface area contributed by atoms with Gasteiger partial charge in [-0.3, -0.25) is 4.90 Å². The minimum Gasteiger partial charge on any atom is -0.317 e. The first-order chi connectivity index (χ1) is 9.86. The molecule has 20 heavy (non-hydrogen) atoms. The number of hydrogen-bond acceptors (Lipinski definition) is 2. The van der Waals surface area contributed by atoms with Gasteiger partial charge in [-0.05, 0) is 44.7 Å². The lowest BCUT2D eigenvalue weighted by molar-refractivity contribution is 0.0172. The summed E-state index contributed by atoms with van der Waals surface area (Å²) in [4.78, 5) is 2.93. The van der Waals surface area contributed by atoms with E-state index in [9.17, 15) is 0 Å². The standard InChI is InChI=1S/C18H26N2/c1-19-14-10-15-8-5-9-16(11-14)20(15)18-12-17(18)13-6-3-2-4-7-13/h2-4,6-7,14-19H,5,8-12H2,1H3. The highest BCUT2D eigenvalue weighted by atomic mass is 15.3. The van der Waals surface area contributed by atoms with Gasteiger partial charge in [0.05, 0.1) is 0 Å². The van der Waals surface area contributed by atoms with Gasteiger partial charge < -0.3 is 5.32 Å². The van der Waals surface area contributed by atoms with Crippen molar-refractivity contribution in [2.45, 2.75) is 68.6 Å². The van der Waals surface area contributed by atoms with E-state index in [-0.39, 0.29) is 0 Å². The third kappa shape index (κ3) is 2.19. The number of nitrogens with one attached hydrogen (secondary N) is 1. The zero-order chi connectivity index (χ0) is 13.5. The molecule has 4 rings (SSSR count). The molecule has 2 nitrogen and oxygen atoms in total. The minimum atomic E-state index is 0.760. The molecule has 2 aliphatic heterocycles. The van der Waals surface area contributed by atoms with Crippen molar-refractivity contribution in [3.8, 4) is 0 Å². The van der Waals surface area contributed by atoms with Gasteiger partial charge in [0.15, 0.2) is 0 Å². The Hall–Kier alpha value is -0.860. The van der Waals surface area contributed by atoms with Crippen molar-refractivity contribution in [3.63, 3.8) is 0 Å². The predicted octanol–water partition coefficient (Wildman–Crippen LogP) is 3.15. The topological polar surface area (TPSA) is 15.3 Å². The summed E-state index contributed by atoms with van der Waals surface area (Å²) in [6.45, 7) is 0. The molecule has 1 aromatic carbocycles. The first-order valence-electron chi connectivity index (χ1n) is 8.36. The van der Waals surface area contributed by atoms with Gasteiger partial charge in [0.25, 0.3) is 0 Å². The van der Waals surface area contributed by atoms with E-state index in [0.29, 0.717) is 0 Å². The Labute approximate surface area is 122 Å². The molecule has 108 valence electrons. The number of piperidine rings is 2. The lowest BCUT2D eigenvalue weighted by Gasteiger charge is -2.49. The molecule has 0 aromatic heterocycles. The van der Waals surface area contributed by atoms with Crippen LogP contribution in [0.5, 0.6) is 0 Å². The zero-order valence-electron chi connectivity index (χ0n) is 12.5. The maximum Gasteiger partial charge on any atom is 0.0177 e. The second kappa shape index (κ2) is 5.16. The van der Waals surface area contributed by atoms with Crippen LogP contribution in [0.1, 0.15) is 50.0 Å². The van der Waals surface area contributed by atoms with Gasteiger partial charge in [-0.1, -0.05) is 36.8 Å². The van der Waals surface area contributed by atoms with E-state index in [1.807, 2.05) is 0 Å². The van der Waals surface area contributed by atoms with Crippen LogP contribution in [-0.4, -0.2) is 36.1 Å². The third-order valence-corrected chi connectivity index (χ3v) is 5.81. The van der Waals surface area contributed by atoms with E-state index in [2.05, 4.69) is 47.6 Å². The van der Waals surface area contributed by atoms with Gasteiger partial charge in [-0.15, -0.1) is 0 Å². The fourth-order valence-electron chi connectivity index (χ4n) is 4.76. The fraction of sp³-hybridized carbons (Fsp3) is 0.667. The van der Waals surface area contributed by atoms with Crippen LogP contribution in [0, 0.1) is 0 Å². The Kier molecular flexibility index (Phi) is 3.31. The molecule has 1 aromatic rings. The van der Waals surface area contributed by atoms with E-state index in [0.717, 1.165) is 30.1 Å². The molecular formula is C18H26N2. The van der Waals surface area contributed by atoms with Crippen LogP contribution < -0.4 is 5.32 Å². The largest absolute Gasteiger partial charge is 0.317 e. The molecular weight excluding hydrogens is 244 g/mol. The first-order valence-corrected chi connectivity index (χ1v) is 8.36. The van der Waals surface area contributed by atoms with Crippen molar-refractivity contribution in [2.24, 2.45) is 0 Å². The Morgan fingerprint density at radius 3 is 2.35 bits per heavy atom. The Morgan fingerprint density at radius 2 is 1.70 bits per heavy atom. The number of benzene rings is 1. The number of fused-ring (bicyclic) bond motifs is 2. The van der Waals surface area contributed by atoms with E-state index in [1.54, 1.807) is 5.56 Å². The van der Waals surface area contributed by atoms with Crippen molar-refractivity contribution in [1.82, 2.24) is 10.2 Å². The normalized spacial score (nSPS) is 40.5. The van der Waals surface area contributed by atoms with Crippen LogP contribution in [0.4, 0.5) is 0 Å². The SMILES string of the molecule is CNC1CC2CCCC(C1)N2C1CC1c1ccccc1. The maximum atomic E-state index is 3.53. The molecule has 2 saturated heterocycles. The number of rotatable bonds is 3. The van der Waals surface area contributed by atoms with Crippen molar-refractivity contribution < 1.29 is 0 Å². The Bertz CT molecular complexity index is 444. The predicted molar refractivity (Wildman–Crippen MR) is 82.9 cm³/mol. The molecule has 0 radical (unpaired) electrons. The molecule has 0 amide bonds. The highest BCUT2D eigenvalue weighted by Gasteiger charge is 2.50. The molecule has 4 unspecified atom stereocenters. The van der Waals surface area contributed by atoms with Gasteiger partial charge in [-0.25, -0.2) is 0 Å². The summed E-state index contributed by atoms with van der Waals surface area (Å²) in [6.07, 6.45) is 8.42. The summed E-state index contributed by atoms with van der Waals surface area (Å²) in [5.41, 5.74) is 1.56. The number of hydrogen-bond donors (Lipinski definition) is 1. The van der Waals surface area contributed by atoms with Gasteiger partial charge in [0.2, 0.25) is 0 Å². The van der Waals surface area contributed by atoms with Crippen molar-refractivity contribution in [1.29, 1.82) is 0 Å². The molecule has 1 N–H and O–H groups in total. The van der Waals surface area contributed by atoms with E-state index in [4.69, 9.17) is 0 Å². The van der Waals surface area contributed by atoms with Crippen molar-refractivity contribution >= 4 is 0 Å². The van der Waals surface area contributed by atoms with Crippen LogP contribution in [0.3, 0.4) is 0 Å². The quantitative estimate of drug-likeness (QED) is 0.907. The Morgan fingerprint density at radius 1 is 1.00 bits per heavy atom. The van der Waals surface area contributed by atoms with E-state index < -0.39 is 0 Å². The molecule has 2 heteroatoms. The van der Waals surface area contributed by atoms with Gasteiger partial charge in [-0.2, -0.15) is 0 Å². The van der Waals surface area contributed by atoms with Crippen LogP contribution in [0.15, 0.2) is 30.3 Å². The molecule has 3 fully saturated rings. The summed E-state index contributed by atoms with van der Waals surface area (Å²) < 4.78 is 0. The highest BCUT2D eigenvalue weighted by molar-refractivity contribution is 5.28. The molecule has 1 aliphatic carbocycles. The van der Waals surface area contributed by atoms with Crippen molar-refractivity contribution in [2.75, 3.05) is 7.05 Å². The summed E-state index contributed by atoms with van der Waals surface area (Å²) in [5.74, 6) is 0.811. The third-order valence-electron chi connectivity index (χ3n) is 5.81. The summed E-state index contributed by atoms with van der Waals surface area (Å²) in [5, 5.41) is 3.53. The fourth-order valence-corrected chi connectivity index (χ4v) is 4.76. The van der Waals surface area contributed by atoms with Gasteiger partial charge in [0, 0.05) is 30.1 Å². The lowest BCUT2D eigenvalue weighted by atomic mass is 9.81. The second-order valence-corrected chi connectivity index (χ2v) is 6.96. The summed E-state index contributed by atoms with van der Waals surface area (Å²) in [6, 6.07) is 14.5. The minimum absolute atomic E-state index is 0.760. The lowest BCUT2D eigenvalue weighted by Crippen LogP contribution is -2.56. The van der Waals surface area contributed by atoms with E-state index in [1.165, 1.54) is 38.5 Å². The van der Waals surface area contributed by atoms with Gasteiger partial charge in [0.1, 0.15) is 0 Å². The Balaban J connectivity index is 1.50. The van der Waals surface area contributed by atoms with Gasteiger partial charge >= 0.3 is 0 Å². The van der Waals surface area contributed by atoms with Crippen LogP contribution >= 0.6 is 0 Å². The van der Waals surface area contributed by atoms with Crippen molar-refractivity contribution in [3.05, 3.63) is 35.9 Å².